The number of sulfonamides is 1. The Bertz CT molecular complexity index is 991. The van der Waals surface area contributed by atoms with Gasteiger partial charge in [0.2, 0.25) is 5.91 Å². The van der Waals surface area contributed by atoms with Crippen LogP contribution in [-0.2, 0) is 26.0 Å². The molecule has 2 aromatic rings. The Morgan fingerprint density at radius 3 is 2.48 bits per heavy atom. The van der Waals surface area contributed by atoms with Crippen LogP contribution in [0.2, 0.25) is 0 Å². The van der Waals surface area contributed by atoms with E-state index in [9.17, 15) is 22.4 Å². The van der Waals surface area contributed by atoms with Gasteiger partial charge in [0.15, 0.2) is 0 Å². The van der Waals surface area contributed by atoms with E-state index < -0.39 is 27.7 Å². The van der Waals surface area contributed by atoms with Gasteiger partial charge in [-0.1, -0.05) is 6.07 Å². The number of halogens is 1. The third-order valence-corrected chi connectivity index (χ3v) is 4.79. The second-order valence-electron chi connectivity index (χ2n) is 5.54. The van der Waals surface area contributed by atoms with Crippen LogP contribution in [0.25, 0.3) is 0 Å². The number of anilines is 2. The van der Waals surface area contributed by atoms with E-state index in [4.69, 9.17) is 9.84 Å². The smallest absolute Gasteiger partial charge is 0.307 e. The molecule has 0 heterocycles. The maximum atomic E-state index is 14.0. The van der Waals surface area contributed by atoms with Crippen molar-refractivity contribution in [2.24, 2.45) is 0 Å². The highest BCUT2D eigenvalue weighted by molar-refractivity contribution is 7.92. The molecule has 27 heavy (non-hydrogen) atoms. The van der Waals surface area contributed by atoms with Crippen LogP contribution in [0.3, 0.4) is 0 Å². The number of carbonyl (C=O) groups is 2. The summed E-state index contributed by atoms with van der Waals surface area (Å²) in [5.74, 6) is -2.42. The first-order valence-electron chi connectivity index (χ1n) is 7.61. The number of methoxy groups -OCH3 is 1. The third-order valence-electron chi connectivity index (χ3n) is 3.40. The fourth-order valence-corrected chi connectivity index (χ4v) is 3.58. The second-order valence-corrected chi connectivity index (χ2v) is 7.19. The molecule has 2 aromatic carbocycles. The van der Waals surface area contributed by atoms with Gasteiger partial charge in [0.1, 0.15) is 16.5 Å². The largest absolute Gasteiger partial charge is 0.495 e. The molecule has 10 heteroatoms. The van der Waals surface area contributed by atoms with Crippen LogP contribution in [0.4, 0.5) is 15.8 Å². The number of rotatable bonds is 7. The average molecular weight is 396 g/mol. The molecule has 0 aromatic heterocycles. The maximum absolute atomic E-state index is 14.0. The normalized spacial score (nSPS) is 10.9. The molecule has 0 unspecified atom stereocenters. The lowest BCUT2D eigenvalue weighted by molar-refractivity contribution is -0.136. The lowest BCUT2D eigenvalue weighted by Crippen LogP contribution is -2.16. The fraction of sp³-hybridized carbons (Fsp3) is 0.176. The summed E-state index contributed by atoms with van der Waals surface area (Å²) in [6.45, 7) is 1.26. The van der Waals surface area contributed by atoms with Crippen LogP contribution in [0.5, 0.6) is 5.75 Å². The Labute approximate surface area is 155 Å². The van der Waals surface area contributed by atoms with E-state index in [0.29, 0.717) is 0 Å². The minimum atomic E-state index is -4.30. The first-order chi connectivity index (χ1) is 12.6. The van der Waals surface area contributed by atoms with E-state index >= 15 is 0 Å². The van der Waals surface area contributed by atoms with Gasteiger partial charge in [-0.2, -0.15) is 0 Å². The van der Waals surface area contributed by atoms with E-state index in [0.717, 1.165) is 18.2 Å². The number of hydrogen-bond acceptors (Lipinski definition) is 5. The molecule has 1 amide bonds. The van der Waals surface area contributed by atoms with Crippen molar-refractivity contribution in [1.82, 2.24) is 0 Å². The van der Waals surface area contributed by atoms with Crippen molar-refractivity contribution in [2.75, 3.05) is 17.1 Å². The molecule has 0 atom stereocenters. The van der Waals surface area contributed by atoms with E-state index in [1.54, 1.807) is 0 Å². The van der Waals surface area contributed by atoms with Gasteiger partial charge in [-0.05, 0) is 35.9 Å². The Kier molecular flexibility index (Phi) is 6.01. The van der Waals surface area contributed by atoms with Gasteiger partial charge in [0.25, 0.3) is 10.0 Å². The predicted octanol–water partition coefficient (Wildman–Crippen LogP) is 2.22. The van der Waals surface area contributed by atoms with E-state index in [-0.39, 0.29) is 34.0 Å². The van der Waals surface area contributed by atoms with Crippen molar-refractivity contribution in [3.05, 3.63) is 47.8 Å². The number of aliphatic carboxylic acids is 1. The number of nitrogens with one attached hydrogen (secondary N) is 2. The number of carboxylic acid groups (broad SMARTS) is 1. The Hall–Kier alpha value is -3.14. The van der Waals surface area contributed by atoms with Crippen LogP contribution >= 0.6 is 0 Å². The molecule has 8 nitrogen and oxygen atoms in total. The van der Waals surface area contributed by atoms with Crippen LogP contribution in [-0.4, -0.2) is 32.5 Å². The minimum Gasteiger partial charge on any atom is -0.495 e. The van der Waals surface area contributed by atoms with Crippen LogP contribution in [0, 0.1) is 5.82 Å². The van der Waals surface area contributed by atoms with Gasteiger partial charge < -0.3 is 15.2 Å². The Morgan fingerprint density at radius 1 is 1.19 bits per heavy atom. The summed E-state index contributed by atoms with van der Waals surface area (Å²) in [7, 11) is -3.05. The van der Waals surface area contributed by atoms with Crippen LogP contribution in [0.15, 0.2) is 41.3 Å². The molecule has 0 radical (unpaired) electrons. The fourth-order valence-electron chi connectivity index (χ4n) is 2.30. The van der Waals surface area contributed by atoms with Gasteiger partial charge in [0.05, 0.1) is 19.2 Å². The highest BCUT2D eigenvalue weighted by Crippen LogP contribution is 2.29. The van der Waals surface area contributed by atoms with Crippen molar-refractivity contribution >= 4 is 33.3 Å². The summed E-state index contributed by atoms with van der Waals surface area (Å²) in [6.07, 6.45) is -0.390. The standard InChI is InChI=1S/C17H17FN2O6S/c1-10(21)19-12-4-5-13(18)14(9-12)20-27(24,25)16-7-11(8-17(22)23)3-6-15(16)26-2/h3-7,9,20H,8H2,1-2H3,(H,19,21)(H,22,23). The highest BCUT2D eigenvalue weighted by atomic mass is 32.2. The summed E-state index contributed by atoms with van der Waals surface area (Å²) in [4.78, 5) is 21.6. The zero-order valence-corrected chi connectivity index (χ0v) is 15.3. The SMILES string of the molecule is COc1ccc(CC(=O)O)cc1S(=O)(=O)Nc1cc(NC(C)=O)ccc1F. The number of carbonyl (C=O) groups excluding carboxylic acids is 1. The molecule has 0 aliphatic rings. The monoisotopic (exact) mass is 396 g/mol. The molecule has 0 bridgehead atoms. The summed E-state index contributed by atoms with van der Waals surface area (Å²) < 4.78 is 46.6. The van der Waals surface area contributed by atoms with Crippen molar-refractivity contribution in [1.29, 1.82) is 0 Å². The van der Waals surface area contributed by atoms with Gasteiger partial charge in [-0.25, -0.2) is 12.8 Å². The van der Waals surface area contributed by atoms with E-state index in [1.807, 2.05) is 0 Å². The number of ether oxygens (including phenoxy) is 1. The Balaban J connectivity index is 2.44. The van der Waals surface area contributed by atoms with Gasteiger partial charge >= 0.3 is 5.97 Å². The van der Waals surface area contributed by atoms with Crippen LogP contribution < -0.4 is 14.8 Å². The van der Waals surface area contributed by atoms with Crippen molar-refractivity contribution in [3.63, 3.8) is 0 Å². The predicted molar refractivity (Wildman–Crippen MR) is 95.8 cm³/mol. The minimum absolute atomic E-state index is 0.0323. The number of amides is 1. The molecule has 0 saturated heterocycles. The van der Waals surface area contributed by atoms with E-state index in [1.165, 1.54) is 32.2 Å². The molecule has 3 N–H and O–H groups in total. The number of hydrogen-bond donors (Lipinski definition) is 3. The lowest BCUT2D eigenvalue weighted by atomic mass is 10.1. The molecular formula is C17H17FN2O6S. The van der Waals surface area contributed by atoms with Gasteiger partial charge in [-0.15, -0.1) is 0 Å². The zero-order chi connectivity index (χ0) is 20.2. The first kappa shape index (κ1) is 20.2. The summed E-state index contributed by atoms with van der Waals surface area (Å²) >= 11 is 0. The highest BCUT2D eigenvalue weighted by Gasteiger charge is 2.22. The van der Waals surface area contributed by atoms with Gasteiger partial charge in [0, 0.05) is 12.6 Å². The molecule has 0 saturated carbocycles. The summed E-state index contributed by atoms with van der Waals surface area (Å²) in [6, 6.07) is 7.29. The molecule has 0 aliphatic heterocycles. The Morgan fingerprint density at radius 2 is 1.89 bits per heavy atom. The van der Waals surface area contributed by atoms with Gasteiger partial charge in [-0.3, -0.25) is 14.3 Å². The summed E-state index contributed by atoms with van der Waals surface area (Å²) in [5, 5.41) is 11.3. The molecule has 0 aliphatic carbocycles. The summed E-state index contributed by atoms with van der Waals surface area (Å²) in [5.41, 5.74) is 0.0521. The average Bonchev–Trinajstić information content (AvgIpc) is 2.56. The third kappa shape index (κ3) is 5.17. The number of benzene rings is 2. The van der Waals surface area contributed by atoms with Crippen molar-refractivity contribution in [3.8, 4) is 5.75 Å². The second kappa shape index (κ2) is 8.04. The first-order valence-corrected chi connectivity index (χ1v) is 9.09. The molecule has 144 valence electrons. The van der Waals surface area contributed by atoms with Crippen molar-refractivity contribution in [2.45, 2.75) is 18.2 Å². The number of carboxylic acids is 1. The maximum Gasteiger partial charge on any atom is 0.307 e. The van der Waals surface area contributed by atoms with Crippen LogP contribution in [0.1, 0.15) is 12.5 Å². The van der Waals surface area contributed by atoms with E-state index in [2.05, 4.69) is 10.0 Å². The topological polar surface area (TPSA) is 122 Å². The zero-order valence-electron chi connectivity index (χ0n) is 14.4. The van der Waals surface area contributed by atoms with Crippen molar-refractivity contribution < 1.29 is 32.2 Å². The quantitative estimate of drug-likeness (QED) is 0.660. The molecule has 0 fully saturated rings. The lowest BCUT2D eigenvalue weighted by Gasteiger charge is -2.14. The molecular weight excluding hydrogens is 379 g/mol. The molecule has 2 rings (SSSR count). The molecule has 0 spiro atoms.